The third-order valence-corrected chi connectivity index (χ3v) is 7.77. The molecule has 1 aromatic carbocycles. The largest absolute Gasteiger partial charge is 0.493 e. The number of aliphatic hydroxyl groups excluding tert-OH is 1. The highest BCUT2D eigenvalue weighted by Crippen LogP contribution is 2.45. The summed E-state index contributed by atoms with van der Waals surface area (Å²) < 4.78 is 17.0. The lowest BCUT2D eigenvalue weighted by Gasteiger charge is -2.47. The van der Waals surface area contributed by atoms with Crippen LogP contribution in [0.5, 0.6) is 11.5 Å². The van der Waals surface area contributed by atoms with Crippen molar-refractivity contribution in [2.24, 2.45) is 17.8 Å². The molecule has 3 unspecified atom stereocenters. The maximum Gasteiger partial charge on any atom is 0.410 e. The summed E-state index contributed by atoms with van der Waals surface area (Å²) in [4.78, 5) is 17.2. The molecule has 0 aromatic heterocycles. The average Bonchev–Trinajstić information content (AvgIpc) is 2.85. The minimum atomic E-state index is -0.304. The lowest BCUT2D eigenvalue weighted by atomic mass is 9.74. The smallest absolute Gasteiger partial charge is 0.410 e. The number of nitrogens with one attached hydrogen (secondary N) is 1. The number of benzene rings is 1. The molecule has 190 valence electrons. The molecule has 0 spiro atoms. The number of rotatable bonds is 7. The maximum absolute atomic E-state index is 12.9. The quantitative estimate of drug-likeness (QED) is 0.627. The van der Waals surface area contributed by atoms with Crippen LogP contribution in [0.15, 0.2) is 12.1 Å². The first-order valence-corrected chi connectivity index (χ1v) is 12.7. The zero-order chi connectivity index (χ0) is 24.2. The highest BCUT2D eigenvalue weighted by molar-refractivity contribution is 5.68. The van der Waals surface area contributed by atoms with Gasteiger partial charge in [0.15, 0.2) is 11.5 Å². The van der Waals surface area contributed by atoms with Crippen molar-refractivity contribution >= 4 is 6.09 Å². The molecule has 1 aromatic rings. The minimum Gasteiger partial charge on any atom is -0.493 e. The SMILES string of the molecule is COc1cc2c(cc1OC)C1CC(COC(=O)N3CCNC[C@@H]3CO)C(CC(C)C)CN1CC2. The van der Waals surface area contributed by atoms with E-state index in [0.717, 1.165) is 50.4 Å². The molecule has 0 aliphatic carbocycles. The summed E-state index contributed by atoms with van der Waals surface area (Å²) in [5.41, 5.74) is 2.63. The number of carbonyl (C=O) groups is 1. The van der Waals surface area contributed by atoms with Crippen LogP contribution in [0.3, 0.4) is 0 Å². The molecule has 3 aliphatic heterocycles. The molecular weight excluding hydrogens is 434 g/mol. The van der Waals surface area contributed by atoms with Crippen molar-refractivity contribution in [1.29, 1.82) is 0 Å². The van der Waals surface area contributed by atoms with Crippen LogP contribution < -0.4 is 14.8 Å². The van der Waals surface area contributed by atoms with E-state index >= 15 is 0 Å². The highest BCUT2D eigenvalue weighted by Gasteiger charge is 2.40. The van der Waals surface area contributed by atoms with Gasteiger partial charge in [0.2, 0.25) is 0 Å². The molecule has 4 atom stereocenters. The fraction of sp³-hybridized carbons (Fsp3) is 0.731. The van der Waals surface area contributed by atoms with Crippen LogP contribution in [0.2, 0.25) is 0 Å². The molecule has 1 amide bonds. The highest BCUT2D eigenvalue weighted by atomic mass is 16.6. The number of carbonyl (C=O) groups excluding carboxylic acids is 1. The number of piperazine rings is 1. The Kier molecular flexibility index (Phi) is 8.22. The number of methoxy groups -OCH3 is 2. The first kappa shape index (κ1) is 25.1. The molecule has 0 bridgehead atoms. The number of aliphatic hydroxyl groups is 1. The second kappa shape index (κ2) is 11.1. The molecule has 2 N–H and O–H groups in total. The Morgan fingerprint density at radius 2 is 1.94 bits per heavy atom. The van der Waals surface area contributed by atoms with E-state index in [0.29, 0.717) is 43.5 Å². The van der Waals surface area contributed by atoms with Gasteiger partial charge in [-0.15, -0.1) is 0 Å². The van der Waals surface area contributed by atoms with Gasteiger partial charge in [-0.25, -0.2) is 4.79 Å². The van der Waals surface area contributed by atoms with Crippen LogP contribution in [0.25, 0.3) is 0 Å². The van der Waals surface area contributed by atoms with Crippen LogP contribution in [-0.2, 0) is 11.2 Å². The van der Waals surface area contributed by atoms with E-state index in [2.05, 4.69) is 36.2 Å². The van der Waals surface area contributed by atoms with Gasteiger partial charge in [-0.05, 0) is 60.3 Å². The molecule has 8 nitrogen and oxygen atoms in total. The second-order valence-corrected chi connectivity index (χ2v) is 10.4. The number of hydrogen-bond acceptors (Lipinski definition) is 7. The average molecular weight is 476 g/mol. The lowest BCUT2D eigenvalue weighted by molar-refractivity contribution is -0.00140. The van der Waals surface area contributed by atoms with Gasteiger partial charge >= 0.3 is 6.09 Å². The van der Waals surface area contributed by atoms with Crippen molar-refractivity contribution in [3.8, 4) is 11.5 Å². The van der Waals surface area contributed by atoms with Gasteiger partial charge in [-0.3, -0.25) is 4.90 Å². The van der Waals surface area contributed by atoms with Crippen molar-refractivity contribution in [2.75, 3.05) is 60.2 Å². The zero-order valence-corrected chi connectivity index (χ0v) is 21.1. The number of hydrogen-bond donors (Lipinski definition) is 2. The van der Waals surface area contributed by atoms with E-state index in [1.807, 2.05) is 0 Å². The first-order valence-electron chi connectivity index (χ1n) is 12.7. The van der Waals surface area contributed by atoms with E-state index in [4.69, 9.17) is 14.2 Å². The number of amides is 1. The third kappa shape index (κ3) is 5.29. The van der Waals surface area contributed by atoms with Gasteiger partial charge in [-0.2, -0.15) is 0 Å². The Labute approximate surface area is 203 Å². The Hall–Kier alpha value is -2.03. The number of ether oxygens (including phenoxy) is 3. The van der Waals surface area contributed by atoms with Crippen LogP contribution in [-0.4, -0.2) is 87.2 Å². The van der Waals surface area contributed by atoms with Crippen LogP contribution in [0, 0.1) is 17.8 Å². The number of fused-ring (bicyclic) bond motifs is 3. The van der Waals surface area contributed by atoms with Crippen LogP contribution >= 0.6 is 0 Å². The normalized spacial score (nSPS) is 27.2. The number of piperidine rings is 1. The van der Waals surface area contributed by atoms with E-state index in [1.54, 1.807) is 19.1 Å². The number of nitrogens with zero attached hydrogens (tertiary/aromatic N) is 2. The Morgan fingerprint density at radius 3 is 2.65 bits per heavy atom. The molecule has 4 rings (SSSR count). The zero-order valence-electron chi connectivity index (χ0n) is 21.1. The predicted octanol–water partition coefficient (Wildman–Crippen LogP) is 2.69. The molecule has 0 radical (unpaired) electrons. The van der Waals surface area contributed by atoms with E-state index < -0.39 is 0 Å². The summed E-state index contributed by atoms with van der Waals surface area (Å²) in [6.07, 6.45) is 2.78. The lowest BCUT2D eigenvalue weighted by Crippen LogP contribution is -2.55. The third-order valence-electron chi connectivity index (χ3n) is 7.77. The van der Waals surface area contributed by atoms with Crippen molar-refractivity contribution in [3.63, 3.8) is 0 Å². The summed E-state index contributed by atoms with van der Waals surface area (Å²) >= 11 is 0. The van der Waals surface area contributed by atoms with Gasteiger partial charge in [0.1, 0.15) is 0 Å². The van der Waals surface area contributed by atoms with Crippen LogP contribution in [0.4, 0.5) is 4.79 Å². The van der Waals surface area contributed by atoms with Gasteiger partial charge in [0.05, 0.1) is 33.5 Å². The molecule has 34 heavy (non-hydrogen) atoms. The van der Waals surface area contributed by atoms with E-state index in [-0.39, 0.29) is 18.7 Å². The van der Waals surface area contributed by atoms with Gasteiger partial charge in [-0.1, -0.05) is 13.8 Å². The topological polar surface area (TPSA) is 83.5 Å². The molecule has 3 aliphatic rings. The predicted molar refractivity (Wildman–Crippen MR) is 130 cm³/mol. The fourth-order valence-corrected chi connectivity index (χ4v) is 6.01. The van der Waals surface area contributed by atoms with Gasteiger partial charge < -0.3 is 29.5 Å². The first-order chi connectivity index (χ1) is 16.4. The van der Waals surface area contributed by atoms with Gasteiger partial charge in [0.25, 0.3) is 0 Å². The molecule has 2 saturated heterocycles. The Balaban J connectivity index is 1.51. The monoisotopic (exact) mass is 475 g/mol. The molecular formula is C26H41N3O5. The fourth-order valence-electron chi connectivity index (χ4n) is 6.01. The summed E-state index contributed by atoms with van der Waals surface area (Å²) in [5.74, 6) is 2.92. The van der Waals surface area contributed by atoms with Crippen molar-refractivity contribution in [1.82, 2.24) is 15.1 Å². The molecule has 8 heteroatoms. The van der Waals surface area contributed by atoms with Crippen LogP contribution in [0.1, 0.15) is 43.9 Å². The van der Waals surface area contributed by atoms with Crippen molar-refractivity contribution < 1.29 is 24.1 Å². The Bertz CT molecular complexity index is 848. The summed E-state index contributed by atoms with van der Waals surface area (Å²) in [6, 6.07) is 4.34. The van der Waals surface area contributed by atoms with Gasteiger partial charge in [0, 0.05) is 38.8 Å². The van der Waals surface area contributed by atoms with Crippen molar-refractivity contribution in [3.05, 3.63) is 23.3 Å². The minimum absolute atomic E-state index is 0.0549. The standard InChI is InChI=1S/C26H41N3O5/c1-17(2)9-19-14-28-7-5-18-11-24(32-3)25(33-4)12-22(18)23(28)10-20(19)16-34-26(31)29-8-6-27-13-21(29)15-30/h11-12,17,19-21,23,27,30H,5-10,13-16H2,1-4H3/t19?,20?,21-,23?/m1/s1. The maximum atomic E-state index is 12.9. The molecule has 2 fully saturated rings. The van der Waals surface area contributed by atoms with E-state index in [9.17, 15) is 9.90 Å². The summed E-state index contributed by atoms with van der Waals surface area (Å²) in [7, 11) is 3.36. The summed E-state index contributed by atoms with van der Waals surface area (Å²) in [6.45, 7) is 8.85. The Morgan fingerprint density at radius 1 is 1.18 bits per heavy atom. The van der Waals surface area contributed by atoms with E-state index in [1.165, 1.54) is 11.1 Å². The second-order valence-electron chi connectivity index (χ2n) is 10.4. The molecule has 3 heterocycles. The van der Waals surface area contributed by atoms with Crippen molar-refractivity contribution in [2.45, 2.75) is 45.2 Å². The molecule has 0 saturated carbocycles. The summed E-state index contributed by atoms with van der Waals surface area (Å²) in [5, 5.41) is 12.9.